The number of nitro benzene ring substituents is 1. The average molecular weight is 452 g/mol. The second kappa shape index (κ2) is 9.71. The fourth-order valence-corrected chi connectivity index (χ4v) is 3.46. The second-order valence-corrected chi connectivity index (χ2v) is 7.63. The van der Waals surface area contributed by atoms with Crippen molar-refractivity contribution in [3.05, 3.63) is 105 Å². The molecule has 0 radical (unpaired) electrons. The molecule has 0 fully saturated rings. The molecule has 2 N–H and O–H groups in total. The van der Waals surface area contributed by atoms with E-state index in [4.69, 9.17) is 4.74 Å². The van der Waals surface area contributed by atoms with E-state index < -0.39 is 10.8 Å². The lowest BCUT2D eigenvalue weighted by Gasteiger charge is -2.07. The molecular weight excluding hydrogens is 432 g/mol. The number of aryl methyl sites for hydroxylation is 1. The number of nitriles is 1. The zero-order chi connectivity index (χ0) is 24.1. The highest BCUT2D eigenvalue weighted by Gasteiger charge is 2.18. The van der Waals surface area contributed by atoms with Gasteiger partial charge >= 0.3 is 0 Å². The maximum Gasteiger partial charge on any atom is 0.293 e. The number of nitrogens with zero attached hydrogens (tertiary/aromatic N) is 2. The van der Waals surface area contributed by atoms with Crippen LogP contribution in [0.2, 0.25) is 0 Å². The largest absolute Gasteiger partial charge is 0.489 e. The van der Waals surface area contributed by atoms with E-state index >= 15 is 0 Å². The highest BCUT2D eigenvalue weighted by molar-refractivity contribution is 6.11. The molecule has 3 aromatic carbocycles. The predicted molar refractivity (Wildman–Crippen MR) is 129 cm³/mol. The minimum absolute atomic E-state index is 0.0253. The molecule has 168 valence electrons. The Kier molecular flexibility index (Phi) is 6.37. The average Bonchev–Trinajstić information content (AvgIpc) is 3.24. The summed E-state index contributed by atoms with van der Waals surface area (Å²) < 4.78 is 5.88. The molecule has 0 saturated heterocycles. The van der Waals surface area contributed by atoms with Crippen molar-refractivity contribution in [1.29, 1.82) is 5.26 Å². The number of nitrogens with one attached hydrogen (secondary N) is 2. The fourth-order valence-electron chi connectivity index (χ4n) is 3.46. The maximum atomic E-state index is 12.7. The molecular formula is C26H20N4O4. The van der Waals surface area contributed by atoms with Crippen molar-refractivity contribution in [3.63, 3.8) is 0 Å². The van der Waals surface area contributed by atoms with Crippen LogP contribution in [0.1, 0.15) is 16.7 Å². The van der Waals surface area contributed by atoms with Gasteiger partial charge < -0.3 is 15.0 Å². The number of aromatic amines is 1. The molecule has 1 aromatic heterocycles. The molecule has 0 aliphatic carbocycles. The number of benzene rings is 3. The van der Waals surface area contributed by atoms with E-state index in [9.17, 15) is 20.2 Å². The van der Waals surface area contributed by atoms with Crippen LogP contribution in [0, 0.1) is 28.4 Å². The van der Waals surface area contributed by atoms with Gasteiger partial charge in [0, 0.05) is 28.7 Å². The molecule has 0 aliphatic heterocycles. The van der Waals surface area contributed by atoms with Crippen molar-refractivity contribution in [1.82, 2.24) is 4.98 Å². The number of aromatic nitrogens is 1. The molecule has 34 heavy (non-hydrogen) atoms. The van der Waals surface area contributed by atoms with Gasteiger partial charge in [-0.1, -0.05) is 36.4 Å². The van der Waals surface area contributed by atoms with E-state index in [1.165, 1.54) is 18.2 Å². The van der Waals surface area contributed by atoms with Gasteiger partial charge in [-0.3, -0.25) is 14.9 Å². The first-order valence-corrected chi connectivity index (χ1v) is 10.4. The molecule has 0 bridgehead atoms. The quantitative estimate of drug-likeness (QED) is 0.166. The standard InChI is InChI=1S/C26H20N4O4/c1-17-7-9-24(25(11-17)30(32)33)29-26(31)19(14-27)12-20-15-28-23-10-8-21(13-22(20)23)34-16-18-5-3-2-4-6-18/h2-13,15,28H,16H2,1H3,(H,29,31)/b19-12+. The maximum absolute atomic E-state index is 12.7. The van der Waals surface area contributed by atoms with Gasteiger partial charge in [0.1, 0.15) is 29.7 Å². The van der Waals surface area contributed by atoms with Gasteiger partial charge in [-0.2, -0.15) is 5.26 Å². The van der Waals surface area contributed by atoms with Crippen molar-refractivity contribution < 1.29 is 14.5 Å². The Morgan fingerprint density at radius 2 is 1.97 bits per heavy atom. The van der Waals surface area contributed by atoms with Crippen LogP contribution in [-0.4, -0.2) is 15.8 Å². The lowest BCUT2D eigenvalue weighted by atomic mass is 10.1. The van der Waals surface area contributed by atoms with Crippen molar-refractivity contribution in [3.8, 4) is 11.8 Å². The molecule has 8 heteroatoms. The summed E-state index contributed by atoms with van der Waals surface area (Å²) in [5.41, 5.74) is 2.74. The monoisotopic (exact) mass is 452 g/mol. The number of amides is 1. The van der Waals surface area contributed by atoms with Gasteiger partial charge in [0.05, 0.1) is 4.92 Å². The number of rotatable bonds is 7. The molecule has 0 saturated carbocycles. The first-order valence-electron chi connectivity index (χ1n) is 10.4. The smallest absolute Gasteiger partial charge is 0.293 e. The van der Waals surface area contributed by atoms with E-state index in [1.54, 1.807) is 19.2 Å². The van der Waals surface area contributed by atoms with Gasteiger partial charge in [0.25, 0.3) is 11.6 Å². The summed E-state index contributed by atoms with van der Waals surface area (Å²) in [6, 6.07) is 21.6. The van der Waals surface area contributed by atoms with Crippen molar-refractivity contribution >= 4 is 34.3 Å². The van der Waals surface area contributed by atoms with Gasteiger partial charge in [-0.15, -0.1) is 0 Å². The summed E-state index contributed by atoms with van der Waals surface area (Å²) in [5.74, 6) is -0.0934. The lowest BCUT2D eigenvalue weighted by molar-refractivity contribution is -0.384. The lowest BCUT2D eigenvalue weighted by Crippen LogP contribution is -2.14. The zero-order valence-electron chi connectivity index (χ0n) is 18.2. The van der Waals surface area contributed by atoms with Gasteiger partial charge in [0.15, 0.2) is 0 Å². The number of carbonyl (C=O) groups excluding carboxylic acids is 1. The molecule has 4 aromatic rings. The Morgan fingerprint density at radius 3 is 2.71 bits per heavy atom. The molecule has 4 rings (SSSR count). The topological polar surface area (TPSA) is 121 Å². The number of hydrogen-bond acceptors (Lipinski definition) is 5. The Bertz CT molecular complexity index is 1450. The van der Waals surface area contributed by atoms with E-state index in [1.807, 2.05) is 54.6 Å². The molecule has 0 atom stereocenters. The highest BCUT2D eigenvalue weighted by atomic mass is 16.6. The van der Waals surface area contributed by atoms with Crippen LogP contribution >= 0.6 is 0 Å². The summed E-state index contributed by atoms with van der Waals surface area (Å²) in [4.78, 5) is 26.6. The van der Waals surface area contributed by atoms with Crippen LogP contribution in [0.3, 0.4) is 0 Å². The van der Waals surface area contributed by atoms with E-state index in [0.29, 0.717) is 23.5 Å². The van der Waals surface area contributed by atoms with Gasteiger partial charge in [-0.05, 0) is 48.4 Å². The first kappa shape index (κ1) is 22.3. The van der Waals surface area contributed by atoms with Crippen molar-refractivity contribution in [2.24, 2.45) is 0 Å². The third-order valence-electron chi connectivity index (χ3n) is 5.20. The summed E-state index contributed by atoms with van der Waals surface area (Å²) in [6.07, 6.45) is 3.12. The van der Waals surface area contributed by atoms with Gasteiger partial charge in [-0.25, -0.2) is 0 Å². The minimum atomic E-state index is -0.736. The molecule has 8 nitrogen and oxygen atoms in total. The number of anilines is 1. The van der Waals surface area contributed by atoms with Crippen LogP contribution in [0.25, 0.3) is 17.0 Å². The van der Waals surface area contributed by atoms with Crippen LogP contribution in [0.5, 0.6) is 5.75 Å². The predicted octanol–water partition coefficient (Wildman–Crippen LogP) is 5.51. The SMILES string of the molecule is Cc1ccc(NC(=O)/C(C#N)=C/c2c[nH]c3ccc(OCc4ccccc4)cc23)c([N+](=O)[O-])c1. The number of nitro groups is 1. The summed E-state index contributed by atoms with van der Waals surface area (Å²) in [6.45, 7) is 2.12. The number of ether oxygens (including phenoxy) is 1. The van der Waals surface area contributed by atoms with Gasteiger partial charge in [0.2, 0.25) is 0 Å². The molecule has 1 heterocycles. The molecule has 1 amide bonds. The number of carbonyl (C=O) groups is 1. The normalized spacial score (nSPS) is 11.1. The summed E-state index contributed by atoms with van der Waals surface area (Å²) in [7, 11) is 0. The Labute approximate surface area is 195 Å². The second-order valence-electron chi connectivity index (χ2n) is 7.63. The van der Waals surface area contributed by atoms with E-state index in [-0.39, 0.29) is 16.9 Å². The van der Waals surface area contributed by atoms with Crippen LogP contribution in [0.15, 0.2) is 78.5 Å². The summed E-state index contributed by atoms with van der Waals surface area (Å²) >= 11 is 0. The Morgan fingerprint density at radius 1 is 1.18 bits per heavy atom. The minimum Gasteiger partial charge on any atom is -0.489 e. The highest BCUT2D eigenvalue weighted by Crippen LogP contribution is 2.28. The molecule has 0 unspecified atom stereocenters. The molecule has 0 spiro atoms. The van der Waals surface area contributed by atoms with Crippen molar-refractivity contribution in [2.75, 3.05) is 5.32 Å². The van der Waals surface area contributed by atoms with Crippen LogP contribution < -0.4 is 10.1 Å². The number of fused-ring (bicyclic) bond motifs is 1. The Hall–Kier alpha value is -4.90. The fraction of sp³-hybridized carbons (Fsp3) is 0.0769. The number of hydrogen-bond donors (Lipinski definition) is 2. The van der Waals surface area contributed by atoms with E-state index in [0.717, 1.165) is 16.5 Å². The first-order chi connectivity index (χ1) is 16.4. The third kappa shape index (κ3) is 4.95. The van der Waals surface area contributed by atoms with Crippen molar-refractivity contribution in [2.45, 2.75) is 13.5 Å². The molecule has 0 aliphatic rings. The van der Waals surface area contributed by atoms with E-state index in [2.05, 4.69) is 10.3 Å². The van der Waals surface area contributed by atoms with Crippen LogP contribution in [0.4, 0.5) is 11.4 Å². The third-order valence-corrected chi connectivity index (χ3v) is 5.20. The number of H-pyrrole nitrogens is 1. The van der Waals surface area contributed by atoms with Crippen LogP contribution in [-0.2, 0) is 11.4 Å². The zero-order valence-corrected chi connectivity index (χ0v) is 18.2. The Balaban J connectivity index is 1.58. The summed E-state index contributed by atoms with van der Waals surface area (Å²) in [5, 5.41) is 24.2.